The Bertz CT molecular complexity index is 1360. The quantitative estimate of drug-likeness (QED) is 0.495. The van der Waals surface area contributed by atoms with Crippen molar-refractivity contribution in [1.82, 2.24) is 9.88 Å². The SMILES string of the molecule is CN1CC(=O)N(c2cccc(NC(=O)c3cc(-c4ccco4)nc4ccccc34)c2)C1=O. The van der Waals surface area contributed by atoms with Crippen LogP contribution in [0.15, 0.2) is 77.4 Å². The van der Waals surface area contributed by atoms with E-state index in [2.05, 4.69) is 10.3 Å². The highest BCUT2D eigenvalue weighted by molar-refractivity contribution is 6.20. The Balaban J connectivity index is 1.50. The molecule has 8 nitrogen and oxygen atoms in total. The first-order chi connectivity index (χ1) is 15.5. The van der Waals surface area contributed by atoms with Crippen LogP contribution >= 0.6 is 0 Å². The van der Waals surface area contributed by atoms with Crippen molar-refractivity contribution in [3.05, 3.63) is 78.6 Å². The van der Waals surface area contributed by atoms with Crippen LogP contribution in [0.1, 0.15) is 10.4 Å². The van der Waals surface area contributed by atoms with E-state index in [-0.39, 0.29) is 18.4 Å². The number of likely N-dealkylation sites (N-methyl/N-ethyl adjacent to an activating group) is 1. The highest BCUT2D eigenvalue weighted by Gasteiger charge is 2.34. The lowest BCUT2D eigenvalue weighted by atomic mass is 10.1. The average molecular weight is 426 g/mol. The van der Waals surface area contributed by atoms with Gasteiger partial charge in [-0.1, -0.05) is 24.3 Å². The van der Waals surface area contributed by atoms with Crippen LogP contribution in [0.25, 0.3) is 22.4 Å². The van der Waals surface area contributed by atoms with Gasteiger partial charge >= 0.3 is 6.03 Å². The zero-order valence-electron chi connectivity index (χ0n) is 17.1. The number of pyridine rings is 1. The smallest absolute Gasteiger partial charge is 0.331 e. The van der Waals surface area contributed by atoms with Crippen molar-refractivity contribution in [2.75, 3.05) is 23.8 Å². The zero-order valence-corrected chi connectivity index (χ0v) is 17.1. The Hall–Kier alpha value is -4.46. The second-order valence-electron chi connectivity index (χ2n) is 7.42. The van der Waals surface area contributed by atoms with E-state index in [0.29, 0.717) is 39.3 Å². The molecule has 1 aliphatic heterocycles. The van der Waals surface area contributed by atoms with Crippen molar-refractivity contribution in [2.45, 2.75) is 0 Å². The van der Waals surface area contributed by atoms with E-state index in [9.17, 15) is 14.4 Å². The second kappa shape index (κ2) is 7.66. The predicted octanol–water partition coefficient (Wildman–Crippen LogP) is 4.15. The van der Waals surface area contributed by atoms with Crippen LogP contribution in [-0.2, 0) is 4.79 Å². The molecule has 4 aromatic rings. The number of nitrogens with one attached hydrogen (secondary N) is 1. The van der Waals surface area contributed by atoms with E-state index < -0.39 is 6.03 Å². The Morgan fingerprint density at radius 3 is 2.62 bits per heavy atom. The summed E-state index contributed by atoms with van der Waals surface area (Å²) in [6, 6.07) is 18.8. The molecule has 2 aromatic heterocycles. The summed E-state index contributed by atoms with van der Waals surface area (Å²) in [5, 5.41) is 3.56. The van der Waals surface area contributed by atoms with Crippen LogP contribution in [0, 0.1) is 0 Å². The first kappa shape index (κ1) is 19.5. The van der Waals surface area contributed by atoms with E-state index >= 15 is 0 Å². The molecule has 32 heavy (non-hydrogen) atoms. The van der Waals surface area contributed by atoms with E-state index in [1.54, 1.807) is 55.8 Å². The molecule has 0 aliphatic carbocycles. The van der Waals surface area contributed by atoms with Gasteiger partial charge in [-0.15, -0.1) is 0 Å². The van der Waals surface area contributed by atoms with Crippen molar-refractivity contribution in [2.24, 2.45) is 0 Å². The summed E-state index contributed by atoms with van der Waals surface area (Å²) >= 11 is 0. The summed E-state index contributed by atoms with van der Waals surface area (Å²) in [5.41, 5.74) is 2.50. The molecule has 0 bridgehead atoms. The molecule has 5 rings (SSSR count). The molecule has 0 unspecified atom stereocenters. The highest BCUT2D eigenvalue weighted by Crippen LogP contribution is 2.27. The van der Waals surface area contributed by atoms with Crippen LogP contribution in [0.4, 0.5) is 16.2 Å². The molecular formula is C24H18N4O4. The van der Waals surface area contributed by atoms with Gasteiger partial charge in [0.15, 0.2) is 5.76 Å². The number of para-hydroxylation sites is 1. The number of rotatable bonds is 4. The standard InChI is InChI=1S/C24H18N4O4/c1-27-14-22(29)28(24(27)31)16-7-4-6-15(12-16)25-23(30)18-13-20(21-10-5-11-32-21)26-19-9-3-2-8-17(18)19/h2-13H,14H2,1H3,(H,25,30). The lowest BCUT2D eigenvalue weighted by molar-refractivity contribution is -0.116. The Labute approximate surface area is 183 Å². The van der Waals surface area contributed by atoms with Gasteiger partial charge in [0.1, 0.15) is 12.2 Å². The van der Waals surface area contributed by atoms with Crippen molar-refractivity contribution in [3.8, 4) is 11.5 Å². The molecule has 0 radical (unpaired) electrons. The minimum absolute atomic E-state index is 0.0218. The largest absolute Gasteiger partial charge is 0.463 e. The topological polar surface area (TPSA) is 95.8 Å². The Morgan fingerprint density at radius 1 is 1.03 bits per heavy atom. The number of hydrogen-bond acceptors (Lipinski definition) is 5. The fourth-order valence-electron chi connectivity index (χ4n) is 3.71. The summed E-state index contributed by atoms with van der Waals surface area (Å²) < 4.78 is 5.46. The van der Waals surface area contributed by atoms with Crippen LogP contribution in [0.2, 0.25) is 0 Å². The van der Waals surface area contributed by atoms with Gasteiger partial charge in [-0.3, -0.25) is 9.59 Å². The van der Waals surface area contributed by atoms with E-state index in [1.165, 1.54) is 4.90 Å². The normalized spacial score (nSPS) is 13.8. The number of furan rings is 1. The molecule has 0 saturated carbocycles. The van der Waals surface area contributed by atoms with E-state index in [4.69, 9.17) is 4.42 Å². The fourth-order valence-corrected chi connectivity index (χ4v) is 3.71. The molecule has 8 heteroatoms. The van der Waals surface area contributed by atoms with E-state index in [0.717, 1.165) is 4.90 Å². The number of nitrogens with zero attached hydrogens (tertiary/aromatic N) is 3. The molecule has 4 amide bonds. The van der Waals surface area contributed by atoms with Gasteiger partial charge in [-0.05, 0) is 42.5 Å². The molecule has 2 aromatic carbocycles. The zero-order chi connectivity index (χ0) is 22.2. The van der Waals surface area contributed by atoms with Crippen LogP contribution < -0.4 is 10.2 Å². The van der Waals surface area contributed by atoms with Crippen molar-refractivity contribution in [3.63, 3.8) is 0 Å². The van der Waals surface area contributed by atoms with Gasteiger partial charge in [-0.2, -0.15) is 0 Å². The van der Waals surface area contributed by atoms with Crippen LogP contribution in [-0.4, -0.2) is 41.3 Å². The predicted molar refractivity (Wildman–Crippen MR) is 119 cm³/mol. The molecule has 1 N–H and O–H groups in total. The molecule has 0 spiro atoms. The van der Waals surface area contributed by atoms with Crippen molar-refractivity contribution in [1.29, 1.82) is 0 Å². The number of aromatic nitrogens is 1. The summed E-state index contributed by atoms with van der Waals surface area (Å²) in [7, 11) is 1.57. The average Bonchev–Trinajstić information content (AvgIpc) is 3.41. The molecule has 0 atom stereocenters. The summed E-state index contributed by atoms with van der Waals surface area (Å²) in [4.78, 5) is 44.8. The third-order valence-corrected chi connectivity index (χ3v) is 5.24. The summed E-state index contributed by atoms with van der Waals surface area (Å²) in [6.07, 6.45) is 1.55. The number of carbonyl (C=O) groups excluding carboxylic acids is 3. The highest BCUT2D eigenvalue weighted by atomic mass is 16.3. The van der Waals surface area contributed by atoms with Gasteiger partial charge in [0.05, 0.1) is 23.0 Å². The van der Waals surface area contributed by atoms with Gasteiger partial charge in [-0.25, -0.2) is 14.7 Å². The van der Waals surface area contributed by atoms with Gasteiger partial charge in [0, 0.05) is 18.1 Å². The number of anilines is 2. The number of carbonyl (C=O) groups is 3. The third-order valence-electron chi connectivity index (χ3n) is 5.24. The third kappa shape index (κ3) is 3.37. The summed E-state index contributed by atoms with van der Waals surface area (Å²) in [5.74, 6) is -0.101. The molecular weight excluding hydrogens is 408 g/mol. The number of benzene rings is 2. The second-order valence-corrected chi connectivity index (χ2v) is 7.42. The lowest BCUT2D eigenvalue weighted by Crippen LogP contribution is -2.31. The minimum Gasteiger partial charge on any atom is -0.463 e. The van der Waals surface area contributed by atoms with Crippen molar-refractivity contribution >= 4 is 40.1 Å². The first-order valence-corrected chi connectivity index (χ1v) is 9.94. The number of amides is 4. The van der Waals surface area contributed by atoms with Crippen molar-refractivity contribution < 1.29 is 18.8 Å². The number of imide groups is 1. The molecule has 1 fully saturated rings. The fraction of sp³-hybridized carbons (Fsp3) is 0.0833. The van der Waals surface area contributed by atoms with Gasteiger partial charge in [0.25, 0.3) is 11.8 Å². The maximum absolute atomic E-state index is 13.2. The number of fused-ring (bicyclic) bond motifs is 1. The monoisotopic (exact) mass is 426 g/mol. The summed E-state index contributed by atoms with van der Waals surface area (Å²) in [6.45, 7) is 0.0218. The maximum atomic E-state index is 13.2. The number of urea groups is 1. The number of hydrogen-bond donors (Lipinski definition) is 1. The van der Waals surface area contributed by atoms with Crippen LogP contribution in [0.3, 0.4) is 0 Å². The Kier molecular flexibility index (Phi) is 4.67. The molecule has 1 aliphatic rings. The minimum atomic E-state index is -0.401. The molecule has 1 saturated heterocycles. The molecule has 3 heterocycles. The molecule has 158 valence electrons. The first-order valence-electron chi connectivity index (χ1n) is 9.94. The maximum Gasteiger partial charge on any atom is 0.331 e. The van der Waals surface area contributed by atoms with E-state index in [1.807, 2.05) is 24.3 Å². The van der Waals surface area contributed by atoms with Gasteiger partial charge in [0.2, 0.25) is 0 Å². The lowest BCUT2D eigenvalue weighted by Gasteiger charge is -2.16. The van der Waals surface area contributed by atoms with Gasteiger partial charge < -0.3 is 14.6 Å². The Morgan fingerprint density at radius 2 is 1.88 bits per heavy atom. The van der Waals surface area contributed by atoms with Crippen LogP contribution in [0.5, 0.6) is 0 Å².